The standard InChI is InChI=1S/C14H13N3S/c1-2-7-13-11(6-1)15-14(18-13)17-16-12-8-9-4-3-5-10(9)12/h1-3,5-7,9-10H,4,8H2,(H,15,17)/b16-12+/t9-,10+/m1/s1. The number of benzene rings is 1. The molecule has 0 unspecified atom stereocenters. The number of aromatic nitrogens is 1. The number of fused-ring (bicyclic) bond motifs is 2. The van der Waals surface area contributed by atoms with E-state index >= 15 is 0 Å². The van der Waals surface area contributed by atoms with Gasteiger partial charge in [-0.25, -0.2) is 4.98 Å². The van der Waals surface area contributed by atoms with Crippen molar-refractivity contribution in [2.75, 3.05) is 5.43 Å². The lowest BCUT2D eigenvalue weighted by Gasteiger charge is -2.31. The number of anilines is 1. The van der Waals surface area contributed by atoms with Gasteiger partial charge in [-0.05, 0) is 30.9 Å². The first-order valence-corrected chi connectivity index (χ1v) is 7.06. The lowest BCUT2D eigenvalue weighted by molar-refractivity contribution is 0.447. The molecule has 2 aromatic rings. The molecule has 90 valence electrons. The van der Waals surface area contributed by atoms with Gasteiger partial charge >= 0.3 is 0 Å². The number of rotatable bonds is 2. The highest BCUT2D eigenvalue weighted by atomic mass is 32.1. The van der Waals surface area contributed by atoms with Gasteiger partial charge in [0.15, 0.2) is 0 Å². The van der Waals surface area contributed by atoms with Crippen molar-refractivity contribution in [1.29, 1.82) is 0 Å². The number of nitrogens with one attached hydrogen (secondary N) is 1. The first kappa shape index (κ1) is 10.3. The Bertz CT molecular complexity index is 623. The first-order chi connectivity index (χ1) is 8.90. The molecule has 0 saturated heterocycles. The van der Waals surface area contributed by atoms with E-state index in [-0.39, 0.29) is 0 Å². The summed E-state index contributed by atoms with van der Waals surface area (Å²) in [7, 11) is 0. The van der Waals surface area contributed by atoms with Crippen LogP contribution in [0.1, 0.15) is 12.8 Å². The van der Waals surface area contributed by atoms with E-state index < -0.39 is 0 Å². The van der Waals surface area contributed by atoms with Crippen LogP contribution in [-0.4, -0.2) is 10.7 Å². The van der Waals surface area contributed by atoms with E-state index in [0.717, 1.165) is 23.0 Å². The molecule has 1 heterocycles. The van der Waals surface area contributed by atoms with Crippen LogP contribution in [0.4, 0.5) is 5.13 Å². The summed E-state index contributed by atoms with van der Waals surface area (Å²) in [6, 6.07) is 8.17. The van der Waals surface area contributed by atoms with E-state index in [1.165, 1.54) is 16.8 Å². The maximum atomic E-state index is 4.51. The van der Waals surface area contributed by atoms with Gasteiger partial charge in [0.25, 0.3) is 0 Å². The molecule has 2 atom stereocenters. The van der Waals surface area contributed by atoms with Crippen LogP contribution in [0.3, 0.4) is 0 Å². The van der Waals surface area contributed by atoms with E-state index in [2.05, 4.69) is 33.7 Å². The Morgan fingerprint density at radius 3 is 3.17 bits per heavy atom. The molecular weight excluding hydrogens is 242 g/mol. The van der Waals surface area contributed by atoms with Gasteiger partial charge in [-0.3, -0.25) is 5.43 Å². The van der Waals surface area contributed by atoms with Crippen molar-refractivity contribution in [2.45, 2.75) is 12.8 Å². The molecule has 2 aliphatic rings. The average Bonchev–Trinajstić information content (AvgIpc) is 2.93. The highest BCUT2D eigenvalue weighted by Crippen LogP contribution is 2.40. The molecule has 4 rings (SSSR count). The molecule has 4 heteroatoms. The zero-order chi connectivity index (χ0) is 11.9. The fourth-order valence-electron chi connectivity index (χ4n) is 2.70. The minimum absolute atomic E-state index is 0.590. The average molecular weight is 255 g/mol. The van der Waals surface area contributed by atoms with Crippen molar-refractivity contribution in [3.63, 3.8) is 0 Å². The molecule has 0 radical (unpaired) electrons. The van der Waals surface area contributed by atoms with Crippen molar-refractivity contribution in [3.8, 4) is 0 Å². The Hall–Kier alpha value is -1.68. The molecule has 1 aromatic heterocycles. The van der Waals surface area contributed by atoms with Crippen molar-refractivity contribution in [1.82, 2.24) is 4.98 Å². The Balaban J connectivity index is 1.55. The Labute approximate surface area is 109 Å². The number of hydrogen-bond acceptors (Lipinski definition) is 4. The van der Waals surface area contributed by atoms with Crippen LogP contribution in [0.2, 0.25) is 0 Å². The van der Waals surface area contributed by atoms with Gasteiger partial charge in [-0.2, -0.15) is 5.10 Å². The largest absolute Gasteiger partial charge is 0.253 e. The number of para-hydroxylation sites is 1. The minimum Gasteiger partial charge on any atom is -0.253 e. The third-order valence-electron chi connectivity index (χ3n) is 3.74. The molecule has 18 heavy (non-hydrogen) atoms. The minimum atomic E-state index is 0.590. The number of hydrogen-bond donors (Lipinski definition) is 1. The summed E-state index contributed by atoms with van der Waals surface area (Å²) in [5, 5.41) is 5.38. The second kappa shape index (κ2) is 3.92. The third kappa shape index (κ3) is 1.56. The molecule has 2 aliphatic carbocycles. The van der Waals surface area contributed by atoms with Crippen LogP contribution in [0, 0.1) is 11.8 Å². The van der Waals surface area contributed by atoms with Gasteiger partial charge in [0.1, 0.15) is 0 Å². The van der Waals surface area contributed by atoms with Crippen molar-refractivity contribution in [2.24, 2.45) is 16.9 Å². The van der Waals surface area contributed by atoms with Gasteiger partial charge in [0.2, 0.25) is 5.13 Å². The molecule has 0 amide bonds. The van der Waals surface area contributed by atoms with Crippen molar-refractivity contribution < 1.29 is 0 Å². The van der Waals surface area contributed by atoms with Gasteiger partial charge in [0.05, 0.1) is 10.2 Å². The first-order valence-electron chi connectivity index (χ1n) is 6.25. The molecule has 0 spiro atoms. The zero-order valence-corrected chi connectivity index (χ0v) is 10.7. The van der Waals surface area contributed by atoms with Gasteiger partial charge in [0, 0.05) is 11.6 Å². The molecular formula is C14H13N3S. The highest BCUT2D eigenvalue weighted by molar-refractivity contribution is 7.22. The summed E-state index contributed by atoms with van der Waals surface area (Å²) in [5.74, 6) is 1.41. The molecule has 1 N–H and O–H groups in total. The summed E-state index contributed by atoms with van der Waals surface area (Å²) in [5.41, 5.74) is 5.42. The summed E-state index contributed by atoms with van der Waals surface area (Å²) in [6.07, 6.45) is 6.92. The van der Waals surface area contributed by atoms with E-state index in [9.17, 15) is 0 Å². The maximum Gasteiger partial charge on any atom is 0.204 e. The topological polar surface area (TPSA) is 37.3 Å². The SMILES string of the molecule is C1=C[C@@H]2/C(=N/Nc3nc4ccccc4s3)C[C@H]2C1. The number of hydrazone groups is 1. The van der Waals surface area contributed by atoms with Crippen LogP contribution in [0.5, 0.6) is 0 Å². The Morgan fingerprint density at radius 1 is 1.33 bits per heavy atom. The van der Waals surface area contributed by atoms with Crippen LogP contribution >= 0.6 is 11.3 Å². The normalized spacial score (nSPS) is 27.4. The predicted molar refractivity (Wildman–Crippen MR) is 76.0 cm³/mol. The lowest BCUT2D eigenvalue weighted by Crippen LogP contribution is -2.33. The molecule has 0 bridgehead atoms. The quantitative estimate of drug-likeness (QED) is 0.657. The lowest BCUT2D eigenvalue weighted by atomic mass is 9.74. The second-order valence-corrected chi connectivity index (χ2v) is 5.89. The summed E-state index contributed by atoms with van der Waals surface area (Å²) in [6.45, 7) is 0. The van der Waals surface area contributed by atoms with E-state index in [0.29, 0.717) is 5.92 Å². The van der Waals surface area contributed by atoms with Crippen LogP contribution < -0.4 is 5.43 Å². The molecule has 1 fully saturated rings. The van der Waals surface area contributed by atoms with Gasteiger partial charge in [-0.15, -0.1) is 0 Å². The third-order valence-corrected chi connectivity index (χ3v) is 4.68. The molecule has 1 saturated carbocycles. The fourth-order valence-corrected chi connectivity index (χ4v) is 3.51. The van der Waals surface area contributed by atoms with E-state index in [1.807, 2.05) is 18.2 Å². The summed E-state index contributed by atoms with van der Waals surface area (Å²) in [4.78, 5) is 4.51. The van der Waals surface area contributed by atoms with Crippen molar-refractivity contribution >= 4 is 32.4 Å². The van der Waals surface area contributed by atoms with Crippen LogP contribution in [0.25, 0.3) is 10.2 Å². The summed E-state index contributed by atoms with van der Waals surface area (Å²) >= 11 is 1.65. The zero-order valence-electron chi connectivity index (χ0n) is 9.84. The number of allylic oxidation sites excluding steroid dienone is 2. The second-order valence-electron chi connectivity index (χ2n) is 4.86. The fraction of sp³-hybridized carbons (Fsp3) is 0.286. The monoisotopic (exact) mass is 255 g/mol. The Morgan fingerprint density at radius 2 is 2.28 bits per heavy atom. The maximum absolute atomic E-state index is 4.51. The molecule has 0 aliphatic heterocycles. The number of thiazole rings is 1. The smallest absolute Gasteiger partial charge is 0.204 e. The molecule has 1 aromatic carbocycles. The van der Waals surface area contributed by atoms with Crippen LogP contribution in [0.15, 0.2) is 41.5 Å². The Kier molecular flexibility index (Phi) is 2.23. The van der Waals surface area contributed by atoms with Gasteiger partial charge < -0.3 is 0 Å². The van der Waals surface area contributed by atoms with Gasteiger partial charge in [-0.1, -0.05) is 35.6 Å². The van der Waals surface area contributed by atoms with Crippen molar-refractivity contribution in [3.05, 3.63) is 36.4 Å². The van der Waals surface area contributed by atoms with Crippen LogP contribution in [-0.2, 0) is 0 Å². The predicted octanol–water partition coefficient (Wildman–Crippen LogP) is 3.66. The number of nitrogens with zero attached hydrogens (tertiary/aromatic N) is 2. The van der Waals surface area contributed by atoms with E-state index in [1.54, 1.807) is 11.3 Å². The van der Waals surface area contributed by atoms with E-state index in [4.69, 9.17) is 0 Å². The molecule has 3 nitrogen and oxygen atoms in total. The highest BCUT2D eigenvalue weighted by Gasteiger charge is 2.37. The summed E-state index contributed by atoms with van der Waals surface area (Å²) < 4.78 is 1.20.